The molecule has 22 heavy (non-hydrogen) atoms. The number of rotatable bonds is 5. The maximum Gasteiger partial charge on any atom is 0.408 e. The SMILES string of the molecule is CC(C)COc1cc(C(C)NC(=O)OC(C)(C)C)ccc1F. The van der Waals surface area contributed by atoms with Crippen molar-refractivity contribution in [3.63, 3.8) is 0 Å². The molecule has 5 heteroatoms. The first-order valence-corrected chi connectivity index (χ1v) is 7.50. The fourth-order valence-corrected chi connectivity index (χ4v) is 1.72. The van der Waals surface area contributed by atoms with Gasteiger partial charge in [0.1, 0.15) is 5.60 Å². The Morgan fingerprint density at radius 2 is 1.91 bits per heavy atom. The summed E-state index contributed by atoms with van der Waals surface area (Å²) < 4.78 is 24.4. The van der Waals surface area contributed by atoms with Crippen LogP contribution < -0.4 is 10.1 Å². The summed E-state index contributed by atoms with van der Waals surface area (Å²) in [5.74, 6) is 0.0956. The molecule has 1 amide bonds. The van der Waals surface area contributed by atoms with Crippen molar-refractivity contribution in [1.29, 1.82) is 0 Å². The second-order valence-corrected chi connectivity index (χ2v) is 6.76. The fraction of sp³-hybridized carbons (Fsp3) is 0.588. The number of hydrogen-bond acceptors (Lipinski definition) is 3. The molecule has 1 unspecified atom stereocenters. The van der Waals surface area contributed by atoms with E-state index in [1.165, 1.54) is 6.07 Å². The molecule has 4 nitrogen and oxygen atoms in total. The highest BCUT2D eigenvalue weighted by atomic mass is 19.1. The highest BCUT2D eigenvalue weighted by Crippen LogP contribution is 2.23. The van der Waals surface area contributed by atoms with E-state index in [-0.39, 0.29) is 11.8 Å². The van der Waals surface area contributed by atoms with Crippen LogP contribution in [0.1, 0.15) is 53.1 Å². The lowest BCUT2D eigenvalue weighted by atomic mass is 10.1. The van der Waals surface area contributed by atoms with Crippen molar-refractivity contribution in [2.45, 2.75) is 53.2 Å². The second-order valence-electron chi connectivity index (χ2n) is 6.76. The van der Waals surface area contributed by atoms with Gasteiger partial charge in [0.25, 0.3) is 0 Å². The standard InChI is InChI=1S/C17H26FNO3/c1-11(2)10-21-15-9-13(7-8-14(15)18)12(3)19-16(20)22-17(4,5)6/h7-9,11-12H,10H2,1-6H3,(H,19,20). The minimum absolute atomic E-state index is 0.198. The van der Waals surface area contributed by atoms with Crippen molar-refractivity contribution in [1.82, 2.24) is 5.32 Å². The summed E-state index contributed by atoms with van der Waals surface area (Å²) in [5.41, 5.74) is 0.198. The van der Waals surface area contributed by atoms with E-state index in [2.05, 4.69) is 5.32 Å². The number of carbonyl (C=O) groups is 1. The van der Waals surface area contributed by atoms with Crippen molar-refractivity contribution in [2.75, 3.05) is 6.61 Å². The Morgan fingerprint density at radius 1 is 1.27 bits per heavy atom. The number of hydrogen-bond donors (Lipinski definition) is 1. The summed E-state index contributed by atoms with van der Waals surface area (Å²) in [6, 6.07) is 4.27. The summed E-state index contributed by atoms with van der Waals surface area (Å²) in [4.78, 5) is 11.8. The molecule has 124 valence electrons. The van der Waals surface area contributed by atoms with Crippen molar-refractivity contribution in [2.24, 2.45) is 5.92 Å². The zero-order chi connectivity index (χ0) is 16.9. The van der Waals surface area contributed by atoms with Gasteiger partial charge in [-0.05, 0) is 51.3 Å². The lowest BCUT2D eigenvalue weighted by Crippen LogP contribution is -2.34. The molecule has 0 aliphatic carbocycles. The smallest absolute Gasteiger partial charge is 0.408 e. The molecule has 1 rings (SSSR count). The first-order chi connectivity index (χ1) is 10.1. The van der Waals surface area contributed by atoms with Gasteiger partial charge in [-0.15, -0.1) is 0 Å². The van der Waals surface area contributed by atoms with Gasteiger partial charge in [0, 0.05) is 0 Å². The lowest BCUT2D eigenvalue weighted by Gasteiger charge is -2.22. The second kappa shape index (κ2) is 7.47. The Bertz CT molecular complexity index is 509. The summed E-state index contributed by atoms with van der Waals surface area (Å²) in [5, 5.41) is 2.73. The monoisotopic (exact) mass is 311 g/mol. The predicted octanol–water partition coefficient (Wildman–Crippen LogP) is 4.45. The van der Waals surface area contributed by atoms with Gasteiger partial charge in [-0.25, -0.2) is 9.18 Å². The predicted molar refractivity (Wildman–Crippen MR) is 84.5 cm³/mol. The number of alkyl carbamates (subject to hydrolysis) is 1. The third-order valence-corrected chi connectivity index (χ3v) is 2.76. The van der Waals surface area contributed by atoms with E-state index in [1.807, 2.05) is 20.8 Å². The van der Waals surface area contributed by atoms with E-state index < -0.39 is 17.5 Å². The molecule has 0 bridgehead atoms. The average Bonchev–Trinajstić information content (AvgIpc) is 2.34. The van der Waals surface area contributed by atoms with Gasteiger partial charge < -0.3 is 14.8 Å². The van der Waals surface area contributed by atoms with Gasteiger partial charge >= 0.3 is 6.09 Å². The Hall–Kier alpha value is -1.78. The van der Waals surface area contributed by atoms with Gasteiger partial charge in [-0.1, -0.05) is 19.9 Å². The van der Waals surface area contributed by atoms with E-state index in [0.29, 0.717) is 12.5 Å². The topological polar surface area (TPSA) is 47.6 Å². The lowest BCUT2D eigenvalue weighted by molar-refractivity contribution is 0.0508. The molecule has 1 aromatic rings. The fourth-order valence-electron chi connectivity index (χ4n) is 1.72. The summed E-state index contributed by atoms with van der Waals surface area (Å²) in [6.07, 6.45) is -0.506. The quantitative estimate of drug-likeness (QED) is 0.874. The zero-order valence-electron chi connectivity index (χ0n) is 14.2. The largest absolute Gasteiger partial charge is 0.490 e. The van der Waals surface area contributed by atoms with Crippen LogP contribution in [0.25, 0.3) is 0 Å². The van der Waals surface area contributed by atoms with Crippen LogP contribution >= 0.6 is 0 Å². The number of carbonyl (C=O) groups excluding carboxylic acids is 1. The molecule has 0 aliphatic rings. The maximum absolute atomic E-state index is 13.7. The molecule has 0 heterocycles. The number of nitrogens with one attached hydrogen (secondary N) is 1. The van der Waals surface area contributed by atoms with Crippen LogP contribution in [0.5, 0.6) is 5.75 Å². The Balaban J connectivity index is 2.75. The first kappa shape index (κ1) is 18.3. The van der Waals surface area contributed by atoms with Crippen molar-refractivity contribution in [3.8, 4) is 5.75 Å². The summed E-state index contributed by atoms with van der Waals surface area (Å²) in [7, 11) is 0. The summed E-state index contributed by atoms with van der Waals surface area (Å²) in [6.45, 7) is 11.6. The van der Waals surface area contributed by atoms with Crippen LogP contribution in [0.4, 0.5) is 9.18 Å². The van der Waals surface area contributed by atoms with Crippen LogP contribution in [0, 0.1) is 11.7 Å². The van der Waals surface area contributed by atoms with Crippen molar-refractivity contribution in [3.05, 3.63) is 29.6 Å². The highest BCUT2D eigenvalue weighted by Gasteiger charge is 2.19. The molecule has 0 saturated carbocycles. The van der Waals surface area contributed by atoms with Gasteiger partial charge in [-0.2, -0.15) is 0 Å². The molecule has 1 aromatic carbocycles. The molecule has 0 aromatic heterocycles. The molecule has 0 saturated heterocycles. The van der Waals surface area contributed by atoms with Gasteiger partial charge in [-0.3, -0.25) is 0 Å². The highest BCUT2D eigenvalue weighted by molar-refractivity contribution is 5.68. The Labute approximate surface area is 132 Å². The van der Waals surface area contributed by atoms with Gasteiger partial charge in [0.15, 0.2) is 11.6 Å². The third-order valence-electron chi connectivity index (χ3n) is 2.76. The number of benzene rings is 1. The van der Waals surface area contributed by atoms with E-state index >= 15 is 0 Å². The normalized spacial score (nSPS) is 12.9. The molecule has 0 fully saturated rings. The minimum atomic E-state index is -0.557. The molecule has 0 aliphatic heterocycles. The minimum Gasteiger partial charge on any atom is -0.490 e. The van der Waals surface area contributed by atoms with Crippen LogP contribution in [0.2, 0.25) is 0 Å². The Kier molecular flexibility index (Phi) is 6.21. The van der Waals surface area contributed by atoms with Crippen LogP contribution in [-0.2, 0) is 4.74 Å². The molecule has 1 atom stereocenters. The van der Waals surface area contributed by atoms with E-state index in [9.17, 15) is 9.18 Å². The third kappa shape index (κ3) is 6.33. The molecular formula is C17H26FNO3. The molecule has 0 spiro atoms. The van der Waals surface area contributed by atoms with Crippen LogP contribution in [0.3, 0.4) is 0 Å². The van der Waals surface area contributed by atoms with Crippen LogP contribution in [0.15, 0.2) is 18.2 Å². The molecule has 0 radical (unpaired) electrons. The van der Waals surface area contributed by atoms with E-state index in [4.69, 9.17) is 9.47 Å². The first-order valence-electron chi connectivity index (χ1n) is 7.50. The maximum atomic E-state index is 13.7. The van der Waals surface area contributed by atoms with Gasteiger partial charge in [0.2, 0.25) is 0 Å². The number of amides is 1. The van der Waals surface area contributed by atoms with Crippen LogP contribution in [-0.4, -0.2) is 18.3 Å². The van der Waals surface area contributed by atoms with Crippen molar-refractivity contribution < 1.29 is 18.7 Å². The molecule has 1 N–H and O–H groups in total. The molecular weight excluding hydrogens is 285 g/mol. The average molecular weight is 311 g/mol. The van der Waals surface area contributed by atoms with E-state index in [1.54, 1.807) is 32.9 Å². The number of halogens is 1. The van der Waals surface area contributed by atoms with Gasteiger partial charge in [0.05, 0.1) is 12.6 Å². The number of ether oxygens (including phenoxy) is 2. The summed E-state index contributed by atoms with van der Waals surface area (Å²) >= 11 is 0. The van der Waals surface area contributed by atoms with Crippen molar-refractivity contribution >= 4 is 6.09 Å². The van der Waals surface area contributed by atoms with E-state index in [0.717, 1.165) is 5.56 Å². The zero-order valence-corrected chi connectivity index (χ0v) is 14.2. The Morgan fingerprint density at radius 3 is 2.45 bits per heavy atom.